The maximum Gasteiger partial charge on any atom is 0.119 e. The monoisotopic (exact) mass is 282 g/mol. The highest BCUT2D eigenvalue weighted by atomic mass is 79.9. The maximum atomic E-state index is 7.32. The summed E-state index contributed by atoms with van der Waals surface area (Å²) >= 11 is 3.38. The first-order valence-electron chi connectivity index (χ1n) is 5.31. The molecule has 3 nitrogen and oxygen atoms in total. The van der Waals surface area contributed by atoms with Crippen LogP contribution in [0.3, 0.4) is 0 Å². The second-order valence-electron chi connectivity index (χ2n) is 4.44. The number of nitrogens with one attached hydrogen (secondary N) is 1. The fraction of sp³-hybridized carbons (Fsp3) is 0.417. The van der Waals surface area contributed by atoms with Crippen molar-refractivity contribution < 1.29 is 4.74 Å². The molecule has 0 heterocycles. The smallest absolute Gasteiger partial charge is 0.119 e. The summed E-state index contributed by atoms with van der Waals surface area (Å²) in [5, 5.41) is 7.32. The lowest BCUT2D eigenvalue weighted by Crippen LogP contribution is -2.21. The highest BCUT2D eigenvalue weighted by Crippen LogP contribution is 2.48. The van der Waals surface area contributed by atoms with Gasteiger partial charge in [-0.2, -0.15) is 0 Å². The molecule has 0 saturated heterocycles. The van der Waals surface area contributed by atoms with Crippen LogP contribution in [-0.2, 0) is 0 Å². The molecule has 0 spiro atoms. The number of hydrogen-bond acceptors (Lipinski definition) is 2. The van der Waals surface area contributed by atoms with Gasteiger partial charge in [-0.05, 0) is 37.1 Å². The zero-order valence-corrected chi connectivity index (χ0v) is 10.6. The number of ether oxygens (including phenoxy) is 1. The first-order chi connectivity index (χ1) is 7.60. The Balaban J connectivity index is 1.87. The van der Waals surface area contributed by atoms with Gasteiger partial charge in [0.05, 0.1) is 12.4 Å². The highest BCUT2D eigenvalue weighted by molar-refractivity contribution is 9.10. The zero-order valence-electron chi connectivity index (χ0n) is 9.00. The van der Waals surface area contributed by atoms with Crippen molar-refractivity contribution in [3.05, 3.63) is 28.7 Å². The van der Waals surface area contributed by atoms with Gasteiger partial charge in [-0.3, -0.25) is 5.41 Å². The van der Waals surface area contributed by atoms with Crippen molar-refractivity contribution in [1.29, 1.82) is 5.41 Å². The molecule has 1 fully saturated rings. The lowest BCUT2D eigenvalue weighted by atomic mass is 10.0. The van der Waals surface area contributed by atoms with Crippen molar-refractivity contribution in [3.63, 3.8) is 0 Å². The molecule has 1 saturated carbocycles. The van der Waals surface area contributed by atoms with Crippen LogP contribution in [0, 0.1) is 10.8 Å². The Hall–Kier alpha value is -1.03. The fourth-order valence-electron chi connectivity index (χ4n) is 1.72. The minimum atomic E-state index is 0.138. The van der Waals surface area contributed by atoms with Crippen molar-refractivity contribution in [3.8, 4) is 5.75 Å². The Morgan fingerprint density at radius 3 is 2.50 bits per heavy atom. The Morgan fingerprint density at radius 1 is 1.38 bits per heavy atom. The predicted molar refractivity (Wildman–Crippen MR) is 67.8 cm³/mol. The van der Waals surface area contributed by atoms with Crippen LogP contribution in [0.5, 0.6) is 5.75 Å². The van der Waals surface area contributed by atoms with E-state index in [0.717, 1.165) is 23.1 Å². The summed E-state index contributed by atoms with van der Waals surface area (Å²) < 4.78 is 6.76. The van der Waals surface area contributed by atoms with Gasteiger partial charge in [0.1, 0.15) is 5.75 Å². The van der Waals surface area contributed by atoms with Gasteiger partial charge < -0.3 is 10.5 Å². The molecule has 1 aromatic rings. The normalized spacial score (nSPS) is 16.8. The zero-order chi connectivity index (χ0) is 11.6. The van der Waals surface area contributed by atoms with Crippen LogP contribution in [0.1, 0.15) is 19.3 Å². The summed E-state index contributed by atoms with van der Waals surface area (Å²) in [7, 11) is 0. The van der Waals surface area contributed by atoms with E-state index >= 15 is 0 Å². The number of amidine groups is 1. The van der Waals surface area contributed by atoms with Crippen LogP contribution < -0.4 is 10.5 Å². The van der Waals surface area contributed by atoms with E-state index in [9.17, 15) is 0 Å². The number of benzene rings is 1. The minimum Gasteiger partial charge on any atom is -0.493 e. The molecule has 0 unspecified atom stereocenters. The molecular formula is C12H15BrN2O. The lowest BCUT2D eigenvalue weighted by Gasteiger charge is -2.15. The van der Waals surface area contributed by atoms with Crippen LogP contribution in [-0.4, -0.2) is 12.4 Å². The second-order valence-corrected chi connectivity index (χ2v) is 5.36. The molecular weight excluding hydrogens is 268 g/mol. The van der Waals surface area contributed by atoms with E-state index < -0.39 is 0 Å². The maximum absolute atomic E-state index is 7.32. The first kappa shape index (κ1) is 11.5. The molecule has 0 atom stereocenters. The van der Waals surface area contributed by atoms with Gasteiger partial charge in [0.15, 0.2) is 0 Å². The van der Waals surface area contributed by atoms with E-state index in [4.69, 9.17) is 15.9 Å². The summed E-state index contributed by atoms with van der Waals surface area (Å²) in [5.74, 6) is 1.13. The van der Waals surface area contributed by atoms with Crippen molar-refractivity contribution in [2.24, 2.45) is 11.1 Å². The topological polar surface area (TPSA) is 59.1 Å². The largest absolute Gasteiger partial charge is 0.493 e. The molecule has 1 aliphatic carbocycles. The second kappa shape index (κ2) is 4.45. The number of rotatable bonds is 5. The number of halogens is 1. The highest BCUT2D eigenvalue weighted by Gasteiger charge is 2.43. The standard InChI is InChI=1S/C12H15BrN2O/c13-9-1-3-10(4-2-9)16-8-12(5-6-12)7-11(14)15/h1-4H,5-8H2,(H3,14,15). The molecule has 1 aromatic carbocycles. The van der Waals surface area contributed by atoms with Crippen molar-refractivity contribution in [2.75, 3.05) is 6.61 Å². The van der Waals surface area contributed by atoms with Crippen LogP contribution in [0.4, 0.5) is 0 Å². The summed E-state index contributed by atoms with van der Waals surface area (Å²) in [6, 6.07) is 7.79. The quantitative estimate of drug-likeness (QED) is 0.644. The van der Waals surface area contributed by atoms with Gasteiger partial charge in [0.2, 0.25) is 0 Å². The molecule has 0 radical (unpaired) electrons. The van der Waals surface area contributed by atoms with Gasteiger partial charge in [-0.1, -0.05) is 15.9 Å². The molecule has 0 aliphatic heterocycles. The van der Waals surface area contributed by atoms with E-state index in [-0.39, 0.29) is 11.3 Å². The Labute approximate surface area is 104 Å². The van der Waals surface area contributed by atoms with E-state index in [1.54, 1.807) is 0 Å². The number of hydrogen-bond donors (Lipinski definition) is 2. The van der Waals surface area contributed by atoms with Gasteiger partial charge in [-0.25, -0.2) is 0 Å². The van der Waals surface area contributed by atoms with Gasteiger partial charge in [-0.15, -0.1) is 0 Å². The molecule has 86 valence electrons. The summed E-state index contributed by atoms with van der Waals surface area (Å²) in [5.41, 5.74) is 5.57. The molecule has 0 bridgehead atoms. The molecule has 0 amide bonds. The van der Waals surface area contributed by atoms with Crippen LogP contribution in [0.2, 0.25) is 0 Å². The minimum absolute atomic E-state index is 0.138. The van der Waals surface area contributed by atoms with Crippen molar-refractivity contribution >= 4 is 21.8 Å². The summed E-state index contributed by atoms with van der Waals surface area (Å²) in [6.45, 7) is 0.661. The first-order valence-corrected chi connectivity index (χ1v) is 6.10. The third-order valence-corrected chi connectivity index (χ3v) is 3.41. The van der Waals surface area contributed by atoms with Crippen LogP contribution in [0.25, 0.3) is 0 Å². The van der Waals surface area contributed by atoms with Crippen molar-refractivity contribution in [2.45, 2.75) is 19.3 Å². The molecule has 1 aliphatic rings. The summed E-state index contributed by atoms with van der Waals surface area (Å²) in [4.78, 5) is 0. The van der Waals surface area contributed by atoms with E-state index in [2.05, 4.69) is 15.9 Å². The van der Waals surface area contributed by atoms with E-state index in [1.807, 2.05) is 24.3 Å². The van der Waals surface area contributed by atoms with E-state index in [0.29, 0.717) is 13.0 Å². The molecule has 16 heavy (non-hydrogen) atoms. The Bertz CT molecular complexity index is 385. The Kier molecular flexibility index (Phi) is 3.19. The lowest BCUT2D eigenvalue weighted by molar-refractivity contribution is 0.238. The Morgan fingerprint density at radius 2 is 2.00 bits per heavy atom. The molecule has 0 aromatic heterocycles. The summed E-state index contributed by atoms with van der Waals surface area (Å²) in [6.07, 6.45) is 2.88. The molecule has 4 heteroatoms. The van der Waals surface area contributed by atoms with Crippen LogP contribution in [0.15, 0.2) is 28.7 Å². The van der Waals surface area contributed by atoms with Gasteiger partial charge in [0.25, 0.3) is 0 Å². The van der Waals surface area contributed by atoms with E-state index in [1.165, 1.54) is 0 Å². The third kappa shape index (κ3) is 2.98. The van der Waals surface area contributed by atoms with Crippen molar-refractivity contribution in [1.82, 2.24) is 0 Å². The van der Waals surface area contributed by atoms with Gasteiger partial charge >= 0.3 is 0 Å². The average molecular weight is 283 g/mol. The SMILES string of the molecule is N=C(N)CC1(COc2ccc(Br)cc2)CC1. The number of nitrogens with two attached hydrogens (primary N) is 1. The molecule has 3 N–H and O–H groups in total. The predicted octanol–water partition coefficient (Wildman–Crippen LogP) is 2.93. The third-order valence-electron chi connectivity index (χ3n) is 2.88. The molecule has 2 rings (SSSR count). The van der Waals surface area contributed by atoms with Gasteiger partial charge in [0, 0.05) is 16.3 Å². The average Bonchev–Trinajstić information content (AvgIpc) is 2.97. The van der Waals surface area contributed by atoms with Crippen LogP contribution >= 0.6 is 15.9 Å². The fourth-order valence-corrected chi connectivity index (χ4v) is 1.98.